The van der Waals surface area contributed by atoms with Crippen LogP contribution in [0.4, 0.5) is 0 Å². The highest BCUT2D eigenvalue weighted by Gasteiger charge is 2.23. The highest BCUT2D eigenvalue weighted by Crippen LogP contribution is 2.37. The first-order chi connectivity index (χ1) is 18.8. The lowest BCUT2D eigenvalue weighted by Gasteiger charge is -2.22. The van der Waals surface area contributed by atoms with Gasteiger partial charge in [0.25, 0.3) is 0 Å². The van der Waals surface area contributed by atoms with Crippen LogP contribution >= 0.6 is 0 Å². The molecular weight excluding hydrogens is 492 g/mol. The zero-order valence-electron chi connectivity index (χ0n) is 24.2. The van der Waals surface area contributed by atoms with E-state index in [1.807, 2.05) is 6.07 Å². The highest BCUT2D eigenvalue weighted by atomic mass is 16.4. The third-order valence-corrected chi connectivity index (χ3v) is 7.39. The summed E-state index contributed by atoms with van der Waals surface area (Å²) >= 11 is 0. The average molecular weight is 539 g/mol. The molecule has 3 aromatic rings. The van der Waals surface area contributed by atoms with Crippen molar-refractivity contribution < 1.29 is 24.2 Å². The van der Waals surface area contributed by atoms with E-state index >= 15 is 0 Å². The van der Waals surface area contributed by atoms with Gasteiger partial charge in [-0.3, -0.25) is 0 Å². The van der Waals surface area contributed by atoms with Gasteiger partial charge in [-0.15, -0.1) is 0 Å². The number of hydrogen-bond donors (Lipinski definition) is 2. The normalized spacial score (nSPS) is 11.8. The Morgan fingerprint density at radius 2 is 1.28 bits per heavy atom. The summed E-state index contributed by atoms with van der Waals surface area (Å²) < 4.78 is 6.21. The van der Waals surface area contributed by atoms with E-state index in [1.54, 1.807) is 12.1 Å². The molecule has 0 atom stereocenters. The van der Waals surface area contributed by atoms with Crippen LogP contribution in [0.15, 0.2) is 28.7 Å². The Morgan fingerprint density at radius 1 is 0.718 bits per heavy atom. The molecule has 0 aliphatic heterocycles. The summed E-state index contributed by atoms with van der Waals surface area (Å²) in [7, 11) is 0. The maximum Gasteiger partial charge on any atom is 0.336 e. The predicted molar refractivity (Wildman–Crippen MR) is 158 cm³/mol. The first-order valence-corrected chi connectivity index (χ1v) is 14.8. The van der Waals surface area contributed by atoms with Crippen molar-refractivity contribution in [2.45, 2.75) is 79.1 Å². The molecule has 1 heterocycles. The zero-order valence-corrected chi connectivity index (χ0v) is 24.2. The molecule has 3 rings (SSSR count). The minimum Gasteiger partial charge on any atom is -0.478 e. The molecule has 0 bridgehead atoms. The van der Waals surface area contributed by atoms with E-state index in [0.29, 0.717) is 35.0 Å². The Labute approximate surface area is 232 Å². The van der Waals surface area contributed by atoms with Gasteiger partial charge in [-0.1, -0.05) is 27.7 Å². The summed E-state index contributed by atoms with van der Waals surface area (Å²) in [6, 6.07) is 6.72. The van der Waals surface area contributed by atoms with Gasteiger partial charge >= 0.3 is 11.9 Å². The molecule has 0 unspecified atom stereocenters. The second-order valence-corrected chi connectivity index (χ2v) is 10.6. The van der Waals surface area contributed by atoms with Crippen molar-refractivity contribution in [2.75, 3.05) is 39.3 Å². The average Bonchev–Trinajstić information content (AvgIpc) is 3.26. The van der Waals surface area contributed by atoms with Crippen molar-refractivity contribution in [1.82, 2.24) is 9.80 Å². The SMILES string of the molecule is CCCN(CCC)CCCc1cc2oc3ccc(C(=O)O)cc3c2c(CCCN(CCC)CCC)c1C(=O)O. The Balaban J connectivity index is 2.05. The molecule has 214 valence electrons. The van der Waals surface area contributed by atoms with E-state index < -0.39 is 11.9 Å². The van der Waals surface area contributed by atoms with Gasteiger partial charge in [0.15, 0.2) is 0 Å². The molecule has 7 nitrogen and oxygen atoms in total. The first kappa shape index (κ1) is 30.6. The van der Waals surface area contributed by atoms with E-state index in [9.17, 15) is 19.8 Å². The molecule has 0 amide bonds. The van der Waals surface area contributed by atoms with E-state index in [1.165, 1.54) is 6.07 Å². The lowest BCUT2D eigenvalue weighted by Crippen LogP contribution is -2.27. The monoisotopic (exact) mass is 538 g/mol. The van der Waals surface area contributed by atoms with Gasteiger partial charge in [-0.2, -0.15) is 0 Å². The van der Waals surface area contributed by atoms with E-state index in [-0.39, 0.29) is 5.56 Å². The summed E-state index contributed by atoms with van der Waals surface area (Å²) in [5, 5.41) is 21.5. The molecule has 0 spiro atoms. The van der Waals surface area contributed by atoms with Crippen LogP contribution in [-0.4, -0.2) is 71.2 Å². The molecule has 0 saturated carbocycles. The smallest absolute Gasteiger partial charge is 0.336 e. The molecule has 39 heavy (non-hydrogen) atoms. The zero-order chi connectivity index (χ0) is 28.4. The number of aryl methyl sites for hydroxylation is 2. The summed E-state index contributed by atoms with van der Waals surface area (Å²) in [4.78, 5) is 29.4. The summed E-state index contributed by atoms with van der Waals surface area (Å²) in [6.45, 7) is 14.7. The molecule has 2 aromatic carbocycles. The first-order valence-electron chi connectivity index (χ1n) is 14.8. The van der Waals surface area contributed by atoms with Crippen LogP contribution in [0.1, 0.15) is 98.1 Å². The minimum atomic E-state index is -1.01. The number of benzene rings is 2. The maximum atomic E-state index is 12.8. The molecular formula is C32H46N2O5. The number of furan rings is 1. The van der Waals surface area contributed by atoms with Gasteiger partial charge in [-0.25, -0.2) is 9.59 Å². The standard InChI is InChI=1S/C32H46N2O5/c1-5-15-33(16-6-2)19-9-11-23-22-28-30(26-21-24(31(35)36)13-14-27(26)39-28)25(29(23)32(37)38)12-10-20-34(17-7-3)18-8-4/h13-14,21-22H,5-12,15-20H2,1-4H3,(H,35,36)(H,37,38). The van der Waals surface area contributed by atoms with Crippen LogP contribution in [0.5, 0.6) is 0 Å². The van der Waals surface area contributed by atoms with Crippen LogP contribution in [-0.2, 0) is 12.8 Å². The second-order valence-electron chi connectivity index (χ2n) is 10.6. The van der Waals surface area contributed by atoms with Crippen molar-refractivity contribution >= 4 is 33.9 Å². The maximum absolute atomic E-state index is 12.8. The Kier molecular flexibility index (Phi) is 11.8. The molecule has 0 saturated heterocycles. The lowest BCUT2D eigenvalue weighted by molar-refractivity contribution is 0.0684. The number of aromatic carboxylic acids is 2. The van der Waals surface area contributed by atoms with Crippen LogP contribution in [0, 0.1) is 0 Å². The Morgan fingerprint density at radius 3 is 1.79 bits per heavy atom. The number of carboxylic acid groups (broad SMARTS) is 2. The number of carboxylic acids is 2. The van der Waals surface area contributed by atoms with Crippen LogP contribution < -0.4 is 0 Å². The van der Waals surface area contributed by atoms with Gasteiger partial charge in [0.1, 0.15) is 11.2 Å². The highest BCUT2D eigenvalue weighted by molar-refractivity contribution is 6.12. The number of rotatable bonds is 18. The summed E-state index contributed by atoms with van der Waals surface area (Å²) in [5.41, 5.74) is 3.32. The third-order valence-electron chi connectivity index (χ3n) is 7.39. The van der Waals surface area contributed by atoms with Crippen LogP contribution in [0.25, 0.3) is 21.9 Å². The van der Waals surface area contributed by atoms with Crippen molar-refractivity contribution in [1.29, 1.82) is 0 Å². The van der Waals surface area contributed by atoms with E-state index in [0.717, 1.165) is 94.3 Å². The van der Waals surface area contributed by atoms with E-state index in [4.69, 9.17) is 4.42 Å². The fraction of sp³-hybridized carbons (Fsp3) is 0.562. The third kappa shape index (κ3) is 7.83. The number of nitrogens with zero attached hydrogens (tertiary/aromatic N) is 2. The summed E-state index contributed by atoms with van der Waals surface area (Å²) in [5.74, 6) is -1.94. The molecule has 7 heteroatoms. The fourth-order valence-corrected chi connectivity index (χ4v) is 5.83. The largest absolute Gasteiger partial charge is 0.478 e. The minimum absolute atomic E-state index is 0.168. The quantitative estimate of drug-likeness (QED) is 0.178. The fourth-order valence-electron chi connectivity index (χ4n) is 5.83. The van der Waals surface area contributed by atoms with Gasteiger partial charge in [0, 0.05) is 10.8 Å². The molecule has 0 radical (unpaired) electrons. The van der Waals surface area contributed by atoms with Crippen molar-refractivity contribution in [3.05, 3.63) is 46.5 Å². The van der Waals surface area contributed by atoms with Crippen LogP contribution in [0.3, 0.4) is 0 Å². The second kappa shape index (κ2) is 15.0. The van der Waals surface area contributed by atoms with E-state index in [2.05, 4.69) is 37.5 Å². The van der Waals surface area contributed by atoms with Crippen molar-refractivity contribution in [3.8, 4) is 0 Å². The van der Waals surface area contributed by atoms with Gasteiger partial charge in [0.05, 0.1) is 11.1 Å². The predicted octanol–water partition coefficient (Wildman–Crippen LogP) is 7.09. The number of carbonyl (C=O) groups is 2. The molecule has 0 fully saturated rings. The lowest BCUT2D eigenvalue weighted by atomic mass is 9.90. The van der Waals surface area contributed by atoms with Gasteiger partial charge < -0.3 is 24.4 Å². The van der Waals surface area contributed by atoms with Crippen LogP contribution in [0.2, 0.25) is 0 Å². The topological polar surface area (TPSA) is 94.2 Å². The molecule has 2 N–H and O–H groups in total. The summed E-state index contributed by atoms with van der Waals surface area (Å²) in [6.07, 6.45) is 7.31. The molecule has 0 aliphatic rings. The Bertz CT molecular complexity index is 1240. The Hall–Kier alpha value is -2.90. The van der Waals surface area contributed by atoms with Crippen molar-refractivity contribution in [2.24, 2.45) is 0 Å². The number of hydrogen-bond acceptors (Lipinski definition) is 5. The molecule has 0 aliphatic carbocycles. The number of fused-ring (bicyclic) bond motifs is 3. The van der Waals surface area contributed by atoms with Gasteiger partial charge in [-0.05, 0) is 126 Å². The molecule has 1 aromatic heterocycles. The van der Waals surface area contributed by atoms with Crippen molar-refractivity contribution in [3.63, 3.8) is 0 Å². The van der Waals surface area contributed by atoms with Gasteiger partial charge in [0.2, 0.25) is 0 Å².